The average molecular weight is 454 g/mol. The van der Waals surface area contributed by atoms with E-state index in [0.29, 0.717) is 12.5 Å². The average Bonchev–Trinajstić information content (AvgIpc) is 3.31. The maximum absolute atomic E-state index is 12.9. The molecule has 0 aliphatic carbocycles. The summed E-state index contributed by atoms with van der Waals surface area (Å²) in [6.07, 6.45) is 1.69. The highest BCUT2D eigenvalue weighted by Crippen LogP contribution is 2.29. The van der Waals surface area contributed by atoms with Crippen molar-refractivity contribution >= 4 is 39.1 Å². The first-order valence-corrected chi connectivity index (χ1v) is 12.1. The van der Waals surface area contributed by atoms with Crippen molar-refractivity contribution in [1.82, 2.24) is 20.0 Å². The van der Waals surface area contributed by atoms with Crippen LogP contribution in [0.2, 0.25) is 0 Å². The van der Waals surface area contributed by atoms with Crippen molar-refractivity contribution in [3.63, 3.8) is 0 Å². The Bertz CT molecular complexity index is 1080. The molecule has 1 aromatic carbocycles. The number of rotatable bonds is 7. The Labute approximate surface area is 192 Å². The summed E-state index contributed by atoms with van der Waals surface area (Å²) in [5.41, 5.74) is 1.78. The standard InChI is InChI=1S/C24H31N5O2S/c1-16(2)14-29-24-20(17(3)27-29)13-21(32-24)23(31)26-19-9-11-28(12-10-19)15-22(30)25-18-7-5-4-6-8-18/h4-8,13,16,19H,9-12,14-15H2,1-3H3,(H,25,30)(H,26,31). The van der Waals surface area contributed by atoms with Gasteiger partial charge in [-0.05, 0) is 43.9 Å². The quantitative estimate of drug-likeness (QED) is 0.569. The Morgan fingerprint density at radius 3 is 2.59 bits per heavy atom. The zero-order valence-corrected chi connectivity index (χ0v) is 19.7. The van der Waals surface area contributed by atoms with Gasteiger partial charge in [0.1, 0.15) is 4.83 Å². The number of nitrogens with one attached hydrogen (secondary N) is 2. The van der Waals surface area contributed by atoms with Crippen LogP contribution in [0.25, 0.3) is 10.2 Å². The molecular formula is C24H31N5O2S. The van der Waals surface area contributed by atoms with Crippen LogP contribution < -0.4 is 10.6 Å². The first-order chi connectivity index (χ1) is 15.4. The van der Waals surface area contributed by atoms with Crippen molar-refractivity contribution in [1.29, 1.82) is 0 Å². The third-order valence-electron chi connectivity index (χ3n) is 5.72. The number of hydrogen-bond acceptors (Lipinski definition) is 5. The number of aromatic nitrogens is 2. The van der Waals surface area contributed by atoms with Crippen LogP contribution in [0.5, 0.6) is 0 Å². The largest absolute Gasteiger partial charge is 0.349 e. The van der Waals surface area contributed by atoms with Crippen molar-refractivity contribution in [2.45, 2.75) is 46.2 Å². The maximum Gasteiger partial charge on any atom is 0.261 e. The first kappa shape index (κ1) is 22.5. The van der Waals surface area contributed by atoms with Crippen molar-refractivity contribution in [3.8, 4) is 0 Å². The lowest BCUT2D eigenvalue weighted by molar-refractivity contribution is -0.117. The van der Waals surface area contributed by atoms with E-state index in [1.165, 1.54) is 11.3 Å². The van der Waals surface area contributed by atoms with Crippen LogP contribution in [0.4, 0.5) is 5.69 Å². The minimum absolute atomic E-state index is 0.00484. The third kappa shape index (κ3) is 5.37. The van der Waals surface area contributed by atoms with E-state index < -0.39 is 0 Å². The highest BCUT2D eigenvalue weighted by Gasteiger charge is 2.24. The fraction of sp³-hybridized carbons (Fsp3) is 0.458. The minimum atomic E-state index is -0.0121. The van der Waals surface area contributed by atoms with Crippen molar-refractivity contribution in [2.24, 2.45) is 5.92 Å². The Balaban J connectivity index is 1.28. The molecule has 2 N–H and O–H groups in total. The van der Waals surface area contributed by atoms with Crippen molar-refractivity contribution in [3.05, 3.63) is 47.0 Å². The van der Waals surface area contributed by atoms with E-state index in [4.69, 9.17) is 0 Å². The highest BCUT2D eigenvalue weighted by molar-refractivity contribution is 7.20. The third-order valence-corrected chi connectivity index (χ3v) is 6.86. The number of carbonyl (C=O) groups is 2. The van der Waals surface area contributed by atoms with E-state index in [-0.39, 0.29) is 17.9 Å². The van der Waals surface area contributed by atoms with Gasteiger partial charge in [-0.15, -0.1) is 11.3 Å². The lowest BCUT2D eigenvalue weighted by Crippen LogP contribution is -2.46. The molecular weight excluding hydrogens is 422 g/mol. The molecule has 0 radical (unpaired) electrons. The van der Waals surface area contributed by atoms with Gasteiger partial charge in [-0.3, -0.25) is 19.2 Å². The number of likely N-dealkylation sites (tertiary alicyclic amines) is 1. The Kier molecular flexibility index (Phi) is 6.91. The van der Waals surface area contributed by atoms with Crippen LogP contribution in [0.15, 0.2) is 36.4 Å². The molecule has 0 saturated carbocycles. The molecule has 0 atom stereocenters. The van der Waals surface area contributed by atoms with Crippen molar-refractivity contribution in [2.75, 3.05) is 25.0 Å². The number of piperidine rings is 1. The highest BCUT2D eigenvalue weighted by atomic mass is 32.1. The van der Waals surface area contributed by atoms with Crippen LogP contribution in [0.3, 0.4) is 0 Å². The number of hydrogen-bond donors (Lipinski definition) is 2. The lowest BCUT2D eigenvalue weighted by atomic mass is 10.0. The molecule has 7 nitrogen and oxygen atoms in total. The van der Waals surface area contributed by atoms with Gasteiger partial charge < -0.3 is 10.6 Å². The van der Waals surface area contributed by atoms with E-state index in [1.54, 1.807) is 0 Å². The lowest BCUT2D eigenvalue weighted by Gasteiger charge is -2.31. The number of amides is 2. The van der Waals surface area contributed by atoms with Gasteiger partial charge >= 0.3 is 0 Å². The molecule has 1 fully saturated rings. The predicted octanol–water partition coefficient (Wildman–Crippen LogP) is 3.90. The summed E-state index contributed by atoms with van der Waals surface area (Å²) < 4.78 is 2.02. The van der Waals surface area contributed by atoms with E-state index in [0.717, 1.165) is 59.0 Å². The van der Waals surface area contributed by atoms with Crippen LogP contribution in [0.1, 0.15) is 42.1 Å². The maximum atomic E-state index is 12.9. The van der Waals surface area contributed by atoms with E-state index in [1.807, 2.05) is 48.0 Å². The van der Waals surface area contributed by atoms with E-state index in [2.05, 4.69) is 34.5 Å². The van der Waals surface area contributed by atoms with Gasteiger partial charge in [0, 0.05) is 36.7 Å². The molecule has 2 amide bonds. The molecule has 1 aliphatic heterocycles. The number of fused-ring (bicyclic) bond motifs is 1. The van der Waals surface area contributed by atoms with Gasteiger partial charge in [-0.1, -0.05) is 32.0 Å². The molecule has 32 heavy (non-hydrogen) atoms. The SMILES string of the molecule is Cc1nn(CC(C)C)c2sc(C(=O)NC3CCN(CC(=O)Nc4ccccc4)CC3)cc12. The van der Waals surface area contributed by atoms with Gasteiger partial charge in [0.25, 0.3) is 5.91 Å². The molecule has 0 spiro atoms. The zero-order valence-electron chi connectivity index (χ0n) is 18.9. The molecule has 0 unspecified atom stereocenters. The van der Waals surface area contributed by atoms with Crippen LogP contribution in [0, 0.1) is 12.8 Å². The normalized spacial score (nSPS) is 15.4. The number of benzene rings is 1. The van der Waals surface area contributed by atoms with Crippen LogP contribution >= 0.6 is 11.3 Å². The summed E-state index contributed by atoms with van der Waals surface area (Å²) in [7, 11) is 0. The van der Waals surface area contributed by atoms with Gasteiger partial charge in [0.05, 0.1) is 17.1 Å². The molecule has 8 heteroatoms. The number of aryl methyl sites for hydroxylation is 1. The summed E-state index contributed by atoms with van der Waals surface area (Å²) in [5.74, 6) is 0.480. The van der Waals surface area contributed by atoms with Crippen molar-refractivity contribution < 1.29 is 9.59 Å². The second kappa shape index (κ2) is 9.83. The zero-order chi connectivity index (χ0) is 22.7. The molecule has 2 aromatic heterocycles. The monoisotopic (exact) mass is 453 g/mol. The van der Waals surface area contributed by atoms with E-state index >= 15 is 0 Å². The fourth-order valence-corrected chi connectivity index (χ4v) is 5.19. The second-order valence-corrected chi connectivity index (χ2v) is 9.96. The molecule has 3 heterocycles. The van der Waals surface area contributed by atoms with Crippen LogP contribution in [-0.2, 0) is 11.3 Å². The Hall–Kier alpha value is -2.71. The Morgan fingerprint density at radius 2 is 1.91 bits per heavy atom. The number of para-hydroxylation sites is 1. The van der Waals surface area contributed by atoms with Gasteiger partial charge in [-0.2, -0.15) is 5.10 Å². The number of thiophene rings is 1. The molecule has 3 aromatic rings. The molecule has 0 bridgehead atoms. The summed E-state index contributed by atoms with van der Waals surface area (Å²) in [5, 5.41) is 11.8. The summed E-state index contributed by atoms with van der Waals surface area (Å²) in [6, 6.07) is 11.6. The second-order valence-electron chi connectivity index (χ2n) is 8.93. The number of anilines is 1. The predicted molar refractivity (Wildman–Crippen MR) is 129 cm³/mol. The summed E-state index contributed by atoms with van der Waals surface area (Å²) in [6.45, 7) is 9.14. The fourth-order valence-electron chi connectivity index (χ4n) is 4.11. The number of nitrogens with zero attached hydrogens (tertiary/aromatic N) is 3. The summed E-state index contributed by atoms with van der Waals surface area (Å²) in [4.78, 5) is 29.1. The first-order valence-electron chi connectivity index (χ1n) is 11.2. The Morgan fingerprint density at radius 1 is 1.19 bits per heavy atom. The number of carbonyl (C=O) groups excluding carboxylic acids is 2. The van der Waals surface area contributed by atoms with E-state index in [9.17, 15) is 9.59 Å². The molecule has 1 aliphatic rings. The minimum Gasteiger partial charge on any atom is -0.349 e. The van der Waals surface area contributed by atoms with Gasteiger partial charge in [0.15, 0.2) is 0 Å². The van der Waals surface area contributed by atoms with Gasteiger partial charge in [0.2, 0.25) is 5.91 Å². The molecule has 170 valence electrons. The summed E-state index contributed by atoms with van der Waals surface area (Å²) >= 11 is 1.52. The van der Waals surface area contributed by atoms with Gasteiger partial charge in [-0.25, -0.2) is 0 Å². The topological polar surface area (TPSA) is 79.3 Å². The molecule has 1 saturated heterocycles. The van der Waals surface area contributed by atoms with Crippen LogP contribution in [-0.4, -0.2) is 52.2 Å². The smallest absolute Gasteiger partial charge is 0.261 e. The molecule has 4 rings (SSSR count).